The Bertz CT molecular complexity index is 248. The van der Waals surface area contributed by atoms with Crippen molar-refractivity contribution in [3.8, 4) is 0 Å². The van der Waals surface area contributed by atoms with Crippen LogP contribution >= 0.6 is 0 Å². The molecule has 1 amide bonds. The van der Waals surface area contributed by atoms with E-state index in [9.17, 15) is 4.79 Å². The molecule has 1 rings (SSSR count). The highest BCUT2D eigenvalue weighted by atomic mass is 16.5. The van der Waals surface area contributed by atoms with E-state index in [1.165, 1.54) is 0 Å². The van der Waals surface area contributed by atoms with Crippen LogP contribution < -0.4 is 10.6 Å². The van der Waals surface area contributed by atoms with Crippen molar-refractivity contribution in [2.24, 2.45) is 11.3 Å². The van der Waals surface area contributed by atoms with Gasteiger partial charge in [0.1, 0.15) is 0 Å². The molecule has 106 valence electrons. The lowest BCUT2D eigenvalue weighted by molar-refractivity contribution is -0.122. The molecule has 1 fully saturated rings. The van der Waals surface area contributed by atoms with Crippen LogP contribution in [-0.2, 0) is 9.53 Å². The molecule has 1 heterocycles. The molecule has 1 aliphatic heterocycles. The average Bonchev–Trinajstić information content (AvgIpc) is 2.35. The van der Waals surface area contributed by atoms with E-state index in [2.05, 4.69) is 24.5 Å². The lowest BCUT2D eigenvalue weighted by atomic mass is 9.92. The quantitative estimate of drug-likeness (QED) is 0.727. The molecule has 18 heavy (non-hydrogen) atoms. The number of rotatable bonds is 7. The first kappa shape index (κ1) is 15.4. The van der Waals surface area contributed by atoms with Gasteiger partial charge >= 0.3 is 0 Å². The summed E-state index contributed by atoms with van der Waals surface area (Å²) in [6.07, 6.45) is 3.87. The third-order valence-electron chi connectivity index (χ3n) is 3.54. The third-order valence-corrected chi connectivity index (χ3v) is 3.54. The van der Waals surface area contributed by atoms with Crippen LogP contribution in [0.25, 0.3) is 0 Å². The fraction of sp³-hybridized carbons (Fsp3) is 0.929. The second-order valence-electron chi connectivity index (χ2n) is 6.07. The second-order valence-corrected chi connectivity index (χ2v) is 6.07. The molecule has 0 spiro atoms. The maximum atomic E-state index is 11.8. The Morgan fingerprint density at radius 1 is 1.28 bits per heavy atom. The molecule has 0 bridgehead atoms. The second kappa shape index (κ2) is 7.74. The van der Waals surface area contributed by atoms with Crippen molar-refractivity contribution >= 4 is 5.91 Å². The number of hydrogen-bond acceptors (Lipinski definition) is 3. The number of ether oxygens (including phenoxy) is 1. The van der Waals surface area contributed by atoms with Gasteiger partial charge in [-0.1, -0.05) is 13.8 Å². The van der Waals surface area contributed by atoms with Crippen molar-refractivity contribution < 1.29 is 9.53 Å². The van der Waals surface area contributed by atoms with Crippen LogP contribution in [0.1, 0.15) is 39.5 Å². The molecular formula is C14H28N2O2. The number of carbonyl (C=O) groups excluding carboxylic acids is 1. The minimum Gasteiger partial charge on any atom is -0.381 e. The maximum Gasteiger partial charge on any atom is 0.220 e. The Morgan fingerprint density at radius 3 is 2.56 bits per heavy atom. The fourth-order valence-electron chi connectivity index (χ4n) is 2.34. The van der Waals surface area contributed by atoms with Gasteiger partial charge in [0.2, 0.25) is 5.91 Å². The van der Waals surface area contributed by atoms with Crippen molar-refractivity contribution in [2.45, 2.75) is 39.5 Å². The summed E-state index contributed by atoms with van der Waals surface area (Å²) in [5.74, 6) is 0.862. The minimum absolute atomic E-state index is 0.114. The van der Waals surface area contributed by atoms with Gasteiger partial charge in [0.15, 0.2) is 0 Å². The Hall–Kier alpha value is -0.610. The van der Waals surface area contributed by atoms with E-state index in [4.69, 9.17) is 4.74 Å². The van der Waals surface area contributed by atoms with Crippen LogP contribution in [0.4, 0.5) is 0 Å². The van der Waals surface area contributed by atoms with Crippen LogP contribution in [-0.4, -0.2) is 39.3 Å². The monoisotopic (exact) mass is 256 g/mol. The Balaban J connectivity index is 2.13. The number of hydrogen-bond donors (Lipinski definition) is 2. The van der Waals surface area contributed by atoms with E-state index in [0.29, 0.717) is 12.3 Å². The number of amides is 1. The fourth-order valence-corrected chi connectivity index (χ4v) is 2.34. The predicted molar refractivity (Wildman–Crippen MR) is 73.5 cm³/mol. The predicted octanol–water partition coefficient (Wildman–Crippen LogP) is 1.55. The molecule has 0 unspecified atom stereocenters. The van der Waals surface area contributed by atoms with Crippen LogP contribution in [0.5, 0.6) is 0 Å². The third kappa shape index (κ3) is 6.36. The molecule has 0 radical (unpaired) electrons. The zero-order valence-electron chi connectivity index (χ0n) is 12.1. The summed E-state index contributed by atoms with van der Waals surface area (Å²) in [7, 11) is 1.94. The van der Waals surface area contributed by atoms with E-state index >= 15 is 0 Å². The highest BCUT2D eigenvalue weighted by Crippen LogP contribution is 2.20. The van der Waals surface area contributed by atoms with Crippen molar-refractivity contribution in [3.63, 3.8) is 0 Å². The summed E-state index contributed by atoms with van der Waals surface area (Å²) in [6.45, 7) is 7.68. The van der Waals surface area contributed by atoms with Crippen molar-refractivity contribution in [1.29, 1.82) is 0 Å². The number of carbonyl (C=O) groups is 1. The van der Waals surface area contributed by atoms with E-state index in [0.717, 1.165) is 45.6 Å². The van der Waals surface area contributed by atoms with Gasteiger partial charge in [0, 0.05) is 32.7 Å². The summed E-state index contributed by atoms with van der Waals surface area (Å²) in [6, 6.07) is 0. The molecule has 1 saturated heterocycles. The first-order valence-corrected chi connectivity index (χ1v) is 7.02. The van der Waals surface area contributed by atoms with Crippen molar-refractivity contribution in [1.82, 2.24) is 10.6 Å². The Labute approximate surface area is 111 Å². The average molecular weight is 256 g/mol. The zero-order chi connectivity index (χ0) is 13.4. The lowest BCUT2D eigenvalue weighted by Crippen LogP contribution is -2.39. The van der Waals surface area contributed by atoms with Gasteiger partial charge in [-0.3, -0.25) is 4.79 Å². The molecule has 0 saturated carbocycles. The summed E-state index contributed by atoms with van der Waals surface area (Å²) in [5, 5.41) is 6.19. The van der Waals surface area contributed by atoms with E-state index in [1.807, 2.05) is 7.05 Å². The van der Waals surface area contributed by atoms with Crippen molar-refractivity contribution in [2.75, 3.05) is 33.4 Å². The molecule has 0 atom stereocenters. The van der Waals surface area contributed by atoms with E-state index in [-0.39, 0.29) is 11.3 Å². The molecule has 2 N–H and O–H groups in total. The molecule has 0 aromatic rings. The highest BCUT2D eigenvalue weighted by molar-refractivity contribution is 5.75. The summed E-state index contributed by atoms with van der Waals surface area (Å²) in [4.78, 5) is 11.8. The van der Waals surface area contributed by atoms with Gasteiger partial charge in [-0.05, 0) is 37.6 Å². The van der Waals surface area contributed by atoms with Crippen LogP contribution in [0, 0.1) is 11.3 Å². The molecule has 1 aliphatic rings. The van der Waals surface area contributed by atoms with Crippen LogP contribution in [0.3, 0.4) is 0 Å². The molecular weight excluding hydrogens is 228 g/mol. The Morgan fingerprint density at radius 2 is 1.94 bits per heavy atom. The van der Waals surface area contributed by atoms with Gasteiger partial charge < -0.3 is 15.4 Å². The Kier molecular flexibility index (Phi) is 6.65. The number of nitrogens with one attached hydrogen (secondary N) is 2. The smallest absolute Gasteiger partial charge is 0.220 e. The molecule has 0 aliphatic carbocycles. The first-order chi connectivity index (χ1) is 8.53. The minimum atomic E-state index is 0.114. The first-order valence-electron chi connectivity index (χ1n) is 7.02. The largest absolute Gasteiger partial charge is 0.381 e. The van der Waals surface area contributed by atoms with Crippen molar-refractivity contribution in [3.05, 3.63) is 0 Å². The van der Waals surface area contributed by atoms with Gasteiger partial charge in [0.05, 0.1) is 0 Å². The SMILES string of the molecule is CNCC(C)(C)CNC(=O)CCC1CCOCC1. The van der Waals surface area contributed by atoms with Gasteiger partial charge in [0.25, 0.3) is 0 Å². The summed E-state index contributed by atoms with van der Waals surface area (Å²) in [5.41, 5.74) is 0.114. The normalized spacial score (nSPS) is 17.7. The highest BCUT2D eigenvalue weighted by Gasteiger charge is 2.19. The van der Waals surface area contributed by atoms with E-state index in [1.54, 1.807) is 0 Å². The topological polar surface area (TPSA) is 50.4 Å². The standard InChI is InChI=1S/C14H28N2O2/c1-14(2,10-15-3)11-16-13(17)5-4-12-6-8-18-9-7-12/h12,15H,4-11H2,1-3H3,(H,16,17). The molecule has 4 heteroatoms. The summed E-state index contributed by atoms with van der Waals surface area (Å²) >= 11 is 0. The molecule has 0 aromatic heterocycles. The van der Waals surface area contributed by atoms with E-state index < -0.39 is 0 Å². The maximum absolute atomic E-state index is 11.8. The lowest BCUT2D eigenvalue weighted by Gasteiger charge is -2.25. The van der Waals surface area contributed by atoms with Gasteiger partial charge in [-0.25, -0.2) is 0 Å². The van der Waals surface area contributed by atoms with Crippen LogP contribution in [0.15, 0.2) is 0 Å². The van der Waals surface area contributed by atoms with Gasteiger partial charge in [-0.15, -0.1) is 0 Å². The summed E-state index contributed by atoms with van der Waals surface area (Å²) < 4.78 is 5.32. The molecule has 4 nitrogen and oxygen atoms in total. The van der Waals surface area contributed by atoms with Crippen LogP contribution in [0.2, 0.25) is 0 Å². The molecule has 0 aromatic carbocycles. The van der Waals surface area contributed by atoms with Gasteiger partial charge in [-0.2, -0.15) is 0 Å². The zero-order valence-corrected chi connectivity index (χ0v) is 12.1.